The quantitative estimate of drug-likeness (QED) is 0.190. The fraction of sp³-hybridized carbons (Fsp3) is 0.192. The van der Waals surface area contributed by atoms with Gasteiger partial charge < -0.3 is 9.97 Å². The largest absolute Gasteiger partial charge is 0.361 e. The molecule has 2 aromatic heterocycles. The minimum atomic E-state index is 0.0547. The van der Waals surface area contributed by atoms with E-state index in [1.54, 1.807) is 0 Å². The van der Waals surface area contributed by atoms with Crippen LogP contribution in [0.25, 0.3) is 79.8 Å². The Morgan fingerprint density at radius 1 is 0.375 bits per heavy atom. The molecule has 56 heavy (non-hydrogen) atoms. The van der Waals surface area contributed by atoms with E-state index in [4.69, 9.17) is 9.97 Å². The summed E-state index contributed by atoms with van der Waals surface area (Å²) >= 11 is 0. The maximum Gasteiger partial charge on any atom is 0.0737 e. The number of aromatic amines is 2. The van der Waals surface area contributed by atoms with Crippen molar-refractivity contribution in [3.8, 4) is 44.5 Å². The second kappa shape index (κ2) is 13.8. The zero-order valence-corrected chi connectivity index (χ0v) is 33.2. The summed E-state index contributed by atoms with van der Waals surface area (Å²) in [5, 5.41) is 0. The van der Waals surface area contributed by atoms with Crippen molar-refractivity contribution < 1.29 is 0 Å². The second-order valence-electron chi connectivity index (χ2n) is 17.2. The van der Waals surface area contributed by atoms with Gasteiger partial charge in [-0.15, -0.1) is 0 Å². The summed E-state index contributed by atoms with van der Waals surface area (Å²) in [6.45, 7) is 13.6. The summed E-state index contributed by atoms with van der Waals surface area (Å²) in [6, 6.07) is 43.8. The normalized spacial score (nSPS) is 13.2. The predicted octanol–water partition coefficient (Wildman–Crippen LogP) is 13.4. The van der Waals surface area contributed by atoms with Crippen LogP contribution in [0.15, 0.2) is 121 Å². The SMILES string of the molecule is CC(C)(C)c1ccc(-c2c3nc(c(-c4ccccc4)c4ccc([nH]4)c(-c4ccccc4)c4nc(c(-c5ccc(C(C)(C)C)cc5)c5[nH]c2CC5)C=C4)C=C3)cc1. The number of H-pyrrole nitrogens is 2. The molecule has 8 bridgehead atoms. The van der Waals surface area contributed by atoms with Crippen molar-refractivity contribution in [2.24, 2.45) is 0 Å². The molecule has 5 heterocycles. The number of hydrogen-bond acceptors (Lipinski definition) is 2. The lowest BCUT2D eigenvalue weighted by Gasteiger charge is -2.19. The predicted molar refractivity (Wildman–Crippen MR) is 237 cm³/mol. The Morgan fingerprint density at radius 2 is 0.714 bits per heavy atom. The van der Waals surface area contributed by atoms with Gasteiger partial charge in [0.05, 0.1) is 22.8 Å². The number of rotatable bonds is 4. The van der Waals surface area contributed by atoms with Crippen LogP contribution in [-0.2, 0) is 23.7 Å². The third-order valence-electron chi connectivity index (χ3n) is 11.3. The van der Waals surface area contributed by atoms with Crippen LogP contribution in [0, 0.1) is 0 Å². The number of nitrogens with one attached hydrogen (secondary N) is 2. The van der Waals surface area contributed by atoms with Crippen LogP contribution < -0.4 is 0 Å². The molecule has 0 amide bonds. The lowest BCUT2D eigenvalue weighted by molar-refractivity contribution is 0.590. The average Bonchev–Trinajstić information content (AvgIpc) is 4.03. The molecule has 0 aliphatic carbocycles. The van der Waals surface area contributed by atoms with Crippen LogP contribution in [0.2, 0.25) is 0 Å². The zero-order valence-electron chi connectivity index (χ0n) is 33.2. The van der Waals surface area contributed by atoms with E-state index in [1.165, 1.54) is 22.5 Å². The van der Waals surface area contributed by atoms with Crippen molar-refractivity contribution in [1.82, 2.24) is 19.9 Å². The molecule has 6 aromatic rings. The highest BCUT2D eigenvalue weighted by atomic mass is 14.8. The second-order valence-corrected chi connectivity index (χ2v) is 17.2. The van der Waals surface area contributed by atoms with Crippen LogP contribution >= 0.6 is 0 Å². The highest BCUT2D eigenvalue weighted by Crippen LogP contribution is 2.40. The van der Waals surface area contributed by atoms with Gasteiger partial charge in [-0.2, -0.15) is 0 Å². The number of aromatic nitrogens is 4. The standard InChI is InChI=1S/C52H48N4/c1-51(2,3)37-21-17-35(18-22-37)49-43-29-27-41(54-43)47(33-13-9-7-10-14-33)39-25-26-40(53-39)48(34-15-11-8-12-16-34)42-28-30-44(55-42)50(46-32-31-45(49)56-46)36-19-23-38(24-20-36)52(4,5)6/h7-30,53,56H,31-32H2,1-6H3. The highest BCUT2D eigenvalue weighted by Gasteiger charge is 2.23. The van der Waals surface area contributed by atoms with Crippen LogP contribution in [0.5, 0.6) is 0 Å². The summed E-state index contributed by atoms with van der Waals surface area (Å²) in [4.78, 5) is 18.8. The van der Waals surface area contributed by atoms with Gasteiger partial charge >= 0.3 is 0 Å². The molecule has 3 aliphatic heterocycles. The van der Waals surface area contributed by atoms with Gasteiger partial charge in [-0.05, 0) is 93.5 Å². The molecule has 0 spiro atoms. The lowest BCUT2D eigenvalue weighted by atomic mass is 9.86. The molecule has 4 heteroatoms. The summed E-state index contributed by atoms with van der Waals surface area (Å²) in [7, 11) is 0. The third kappa shape index (κ3) is 6.60. The fourth-order valence-electron chi connectivity index (χ4n) is 8.22. The molecule has 0 radical (unpaired) electrons. The van der Waals surface area contributed by atoms with E-state index in [0.717, 1.165) is 91.2 Å². The molecule has 3 aliphatic rings. The molecular weight excluding hydrogens is 681 g/mol. The van der Waals surface area contributed by atoms with Crippen molar-refractivity contribution in [3.05, 3.63) is 167 Å². The van der Waals surface area contributed by atoms with Crippen molar-refractivity contribution in [1.29, 1.82) is 0 Å². The minimum absolute atomic E-state index is 0.0547. The first kappa shape index (κ1) is 35.4. The topological polar surface area (TPSA) is 57.4 Å². The van der Waals surface area contributed by atoms with Gasteiger partial charge in [-0.3, -0.25) is 0 Å². The van der Waals surface area contributed by atoms with E-state index in [9.17, 15) is 0 Å². The Labute approximate surface area is 330 Å². The first-order valence-electron chi connectivity index (χ1n) is 19.8. The van der Waals surface area contributed by atoms with E-state index in [1.807, 2.05) is 0 Å². The minimum Gasteiger partial charge on any atom is -0.361 e. The van der Waals surface area contributed by atoms with Crippen molar-refractivity contribution in [2.45, 2.75) is 65.2 Å². The monoisotopic (exact) mass is 728 g/mol. The maximum atomic E-state index is 5.49. The van der Waals surface area contributed by atoms with E-state index < -0.39 is 0 Å². The maximum absolute atomic E-state index is 5.49. The van der Waals surface area contributed by atoms with Gasteiger partial charge in [0, 0.05) is 44.7 Å². The number of fused-ring (bicyclic) bond motifs is 8. The molecule has 0 saturated carbocycles. The van der Waals surface area contributed by atoms with E-state index in [2.05, 4.69) is 197 Å². The number of benzene rings is 4. The Hall–Kier alpha value is -6.26. The van der Waals surface area contributed by atoms with Crippen LogP contribution in [0.3, 0.4) is 0 Å². The fourth-order valence-corrected chi connectivity index (χ4v) is 8.22. The summed E-state index contributed by atoms with van der Waals surface area (Å²) < 4.78 is 0. The number of nitrogens with zero attached hydrogens (tertiary/aromatic N) is 2. The van der Waals surface area contributed by atoms with Crippen molar-refractivity contribution in [3.63, 3.8) is 0 Å². The molecular formula is C52H48N4. The molecule has 0 saturated heterocycles. The van der Waals surface area contributed by atoms with Gasteiger partial charge in [0.25, 0.3) is 0 Å². The average molecular weight is 729 g/mol. The number of aryl methyl sites for hydroxylation is 2. The molecule has 4 aromatic carbocycles. The van der Waals surface area contributed by atoms with E-state index in [-0.39, 0.29) is 10.8 Å². The van der Waals surface area contributed by atoms with Gasteiger partial charge in [0.2, 0.25) is 0 Å². The van der Waals surface area contributed by atoms with E-state index >= 15 is 0 Å². The van der Waals surface area contributed by atoms with Crippen molar-refractivity contribution >= 4 is 35.3 Å². The van der Waals surface area contributed by atoms with Gasteiger partial charge in [-0.25, -0.2) is 9.97 Å². The summed E-state index contributed by atoms with van der Waals surface area (Å²) in [5.41, 5.74) is 19.8. The summed E-state index contributed by atoms with van der Waals surface area (Å²) in [6.07, 6.45) is 10.5. The highest BCUT2D eigenvalue weighted by molar-refractivity contribution is 5.96. The Bertz CT molecular complexity index is 2520. The summed E-state index contributed by atoms with van der Waals surface area (Å²) in [5.74, 6) is 0. The van der Waals surface area contributed by atoms with Crippen LogP contribution in [-0.4, -0.2) is 19.9 Å². The molecule has 0 fully saturated rings. The van der Waals surface area contributed by atoms with E-state index in [0.29, 0.717) is 0 Å². The lowest BCUT2D eigenvalue weighted by Crippen LogP contribution is -2.10. The first-order valence-corrected chi connectivity index (χ1v) is 19.8. The van der Waals surface area contributed by atoms with Crippen LogP contribution in [0.4, 0.5) is 0 Å². The molecule has 4 nitrogen and oxygen atoms in total. The van der Waals surface area contributed by atoms with Crippen LogP contribution in [0.1, 0.15) is 86.8 Å². The zero-order chi connectivity index (χ0) is 38.6. The first-order chi connectivity index (χ1) is 27.0. The van der Waals surface area contributed by atoms with Gasteiger partial charge in [0.15, 0.2) is 0 Å². The Balaban J connectivity index is 1.42. The molecule has 276 valence electrons. The van der Waals surface area contributed by atoms with Gasteiger partial charge in [0.1, 0.15) is 0 Å². The van der Waals surface area contributed by atoms with Gasteiger partial charge in [-0.1, -0.05) is 151 Å². The third-order valence-corrected chi connectivity index (χ3v) is 11.3. The Kier molecular flexibility index (Phi) is 8.73. The smallest absolute Gasteiger partial charge is 0.0737 e. The number of hydrogen-bond donors (Lipinski definition) is 2. The molecule has 9 rings (SSSR count). The molecule has 0 unspecified atom stereocenters. The Morgan fingerprint density at radius 3 is 1.07 bits per heavy atom. The molecule has 2 N–H and O–H groups in total. The van der Waals surface area contributed by atoms with Crippen molar-refractivity contribution in [2.75, 3.05) is 0 Å². The molecule has 0 atom stereocenters.